The van der Waals surface area contributed by atoms with Crippen LogP contribution in [0.2, 0.25) is 0 Å². The molecule has 1 aliphatic heterocycles. The van der Waals surface area contributed by atoms with Crippen molar-refractivity contribution in [3.63, 3.8) is 0 Å². The molecule has 150 valence electrons. The normalized spacial score (nSPS) is 14.0. The third kappa shape index (κ3) is 5.57. The number of aromatic hydroxyl groups is 1. The zero-order valence-electron chi connectivity index (χ0n) is 15.6. The lowest BCUT2D eigenvalue weighted by Gasteiger charge is -2.16. The first kappa shape index (κ1) is 21.9. The minimum atomic E-state index is -0.645. The Morgan fingerprint density at radius 3 is 2.36 bits per heavy atom. The van der Waals surface area contributed by atoms with E-state index < -0.39 is 5.82 Å². The van der Waals surface area contributed by atoms with Gasteiger partial charge in [-0.15, -0.1) is 24.0 Å². The molecule has 1 saturated heterocycles. The van der Waals surface area contributed by atoms with E-state index in [-0.39, 0.29) is 35.6 Å². The Morgan fingerprint density at radius 2 is 1.79 bits per heavy atom. The van der Waals surface area contributed by atoms with Crippen LogP contribution in [0, 0.1) is 5.82 Å². The highest BCUT2D eigenvalue weighted by Crippen LogP contribution is 2.21. The summed E-state index contributed by atoms with van der Waals surface area (Å²) in [6.45, 7) is 1.73. The van der Waals surface area contributed by atoms with Crippen molar-refractivity contribution in [2.75, 3.05) is 18.5 Å². The number of guanidine groups is 1. The van der Waals surface area contributed by atoms with Gasteiger partial charge in [0, 0.05) is 38.8 Å². The second-order valence-electron chi connectivity index (χ2n) is 6.38. The third-order valence-corrected chi connectivity index (χ3v) is 4.48. The number of rotatable bonds is 5. The first-order valence-corrected chi connectivity index (χ1v) is 8.88. The molecule has 6 nitrogen and oxygen atoms in total. The zero-order chi connectivity index (χ0) is 19.2. The van der Waals surface area contributed by atoms with E-state index in [0.29, 0.717) is 31.0 Å². The van der Waals surface area contributed by atoms with E-state index in [1.807, 2.05) is 29.2 Å². The molecule has 1 fully saturated rings. The highest BCUT2D eigenvalue weighted by Gasteiger charge is 2.21. The minimum absolute atomic E-state index is 0. The van der Waals surface area contributed by atoms with Crippen LogP contribution in [0.4, 0.5) is 10.1 Å². The highest BCUT2D eigenvalue weighted by molar-refractivity contribution is 14.0. The van der Waals surface area contributed by atoms with Crippen molar-refractivity contribution in [1.29, 1.82) is 0 Å². The fourth-order valence-electron chi connectivity index (χ4n) is 2.97. The lowest BCUT2D eigenvalue weighted by molar-refractivity contribution is -0.117. The molecule has 0 bridgehead atoms. The van der Waals surface area contributed by atoms with Crippen LogP contribution >= 0.6 is 24.0 Å². The molecule has 2 aromatic carbocycles. The summed E-state index contributed by atoms with van der Waals surface area (Å²) in [6, 6.07) is 12.1. The number of carbonyl (C=O) groups is 1. The Kier molecular flexibility index (Phi) is 8.04. The van der Waals surface area contributed by atoms with Gasteiger partial charge in [0.25, 0.3) is 0 Å². The fourth-order valence-corrected chi connectivity index (χ4v) is 2.97. The van der Waals surface area contributed by atoms with Crippen LogP contribution in [0.15, 0.2) is 47.5 Å². The van der Waals surface area contributed by atoms with Crippen molar-refractivity contribution >= 4 is 41.5 Å². The summed E-state index contributed by atoms with van der Waals surface area (Å²) in [6.07, 6.45) is 1.53. The summed E-state index contributed by atoms with van der Waals surface area (Å²) in [5.74, 6) is -0.243. The van der Waals surface area contributed by atoms with Crippen molar-refractivity contribution in [2.24, 2.45) is 4.99 Å². The monoisotopic (exact) mass is 498 g/mol. The van der Waals surface area contributed by atoms with Gasteiger partial charge in [-0.3, -0.25) is 9.79 Å². The van der Waals surface area contributed by atoms with Gasteiger partial charge in [0.1, 0.15) is 0 Å². The van der Waals surface area contributed by atoms with E-state index in [0.717, 1.165) is 24.2 Å². The quantitative estimate of drug-likeness (QED) is 0.337. The third-order valence-electron chi connectivity index (χ3n) is 4.48. The maximum absolute atomic E-state index is 13.4. The number of anilines is 1. The Labute approximate surface area is 180 Å². The molecule has 0 spiro atoms. The molecule has 0 saturated carbocycles. The van der Waals surface area contributed by atoms with Gasteiger partial charge in [0.15, 0.2) is 17.5 Å². The van der Waals surface area contributed by atoms with Crippen LogP contribution < -0.4 is 15.5 Å². The lowest BCUT2D eigenvalue weighted by atomic mass is 10.2. The summed E-state index contributed by atoms with van der Waals surface area (Å²) in [7, 11) is 1.66. The molecule has 2 aromatic rings. The molecule has 1 heterocycles. The van der Waals surface area contributed by atoms with Crippen molar-refractivity contribution in [3.8, 4) is 5.75 Å². The van der Waals surface area contributed by atoms with Crippen molar-refractivity contribution in [3.05, 3.63) is 59.4 Å². The molecule has 3 rings (SSSR count). The second kappa shape index (κ2) is 10.3. The topological polar surface area (TPSA) is 77.0 Å². The van der Waals surface area contributed by atoms with Crippen LogP contribution in [0.3, 0.4) is 0 Å². The first-order chi connectivity index (χ1) is 13.1. The number of carbonyl (C=O) groups excluding carboxylic acids is 1. The minimum Gasteiger partial charge on any atom is -0.505 e. The van der Waals surface area contributed by atoms with E-state index >= 15 is 0 Å². The van der Waals surface area contributed by atoms with Gasteiger partial charge in [0.05, 0.1) is 0 Å². The van der Waals surface area contributed by atoms with E-state index in [9.17, 15) is 14.3 Å². The number of hydrogen-bond donors (Lipinski definition) is 3. The van der Waals surface area contributed by atoms with Crippen molar-refractivity contribution in [2.45, 2.75) is 25.9 Å². The Bertz CT molecular complexity index is 843. The number of hydrogen-bond acceptors (Lipinski definition) is 3. The van der Waals surface area contributed by atoms with Crippen LogP contribution in [0.25, 0.3) is 0 Å². The highest BCUT2D eigenvalue weighted by atomic mass is 127. The summed E-state index contributed by atoms with van der Waals surface area (Å²) in [4.78, 5) is 17.8. The summed E-state index contributed by atoms with van der Waals surface area (Å²) in [5, 5.41) is 15.5. The first-order valence-electron chi connectivity index (χ1n) is 8.88. The predicted molar refractivity (Wildman–Crippen MR) is 119 cm³/mol. The van der Waals surface area contributed by atoms with Gasteiger partial charge < -0.3 is 20.6 Å². The predicted octanol–water partition coefficient (Wildman–Crippen LogP) is 3.14. The molecule has 3 N–H and O–H groups in total. The number of benzene rings is 2. The van der Waals surface area contributed by atoms with E-state index in [1.165, 1.54) is 12.1 Å². The van der Waals surface area contributed by atoms with E-state index in [2.05, 4.69) is 15.6 Å². The molecule has 8 heteroatoms. The maximum Gasteiger partial charge on any atom is 0.227 e. The van der Waals surface area contributed by atoms with E-state index in [4.69, 9.17) is 0 Å². The van der Waals surface area contributed by atoms with Crippen LogP contribution in [-0.4, -0.2) is 30.6 Å². The van der Waals surface area contributed by atoms with Crippen LogP contribution in [0.5, 0.6) is 5.75 Å². The van der Waals surface area contributed by atoms with Gasteiger partial charge in [-0.25, -0.2) is 4.39 Å². The average Bonchev–Trinajstić information content (AvgIpc) is 3.11. The molecule has 1 amide bonds. The summed E-state index contributed by atoms with van der Waals surface area (Å²) in [5.41, 5.74) is 2.69. The number of nitrogens with one attached hydrogen (secondary N) is 2. The smallest absolute Gasteiger partial charge is 0.227 e. The molecule has 0 aromatic heterocycles. The van der Waals surface area contributed by atoms with Gasteiger partial charge >= 0.3 is 0 Å². The Hall–Kier alpha value is -2.36. The van der Waals surface area contributed by atoms with E-state index in [1.54, 1.807) is 13.1 Å². The maximum atomic E-state index is 13.4. The zero-order valence-corrected chi connectivity index (χ0v) is 17.9. The van der Waals surface area contributed by atoms with Gasteiger partial charge in [-0.05, 0) is 41.8 Å². The molecule has 0 aliphatic carbocycles. The van der Waals surface area contributed by atoms with Gasteiger partial charge in [0.2, 0.25) is 5.91 Å². The summed E-state index contributed by atoms with van der Waals surface area (Å²) < 4.78 is 13.4. The SMILES string of the molecule is CN=C(NCc1ccc(N2CCCC2=O)cc1)NCc1ccc(O)c(F)c1.I. The molecular formula is C20H24FIN4O2. The molecule has 0 radical (unpaired) electrons. The molecular weight excluding hydrogens is 474 g/mol. The standard InChI is InChI=1S/C20H23FN4O2.HI/c1-22-20(24-13-15-6-9-18(26)17(21)11-15)23-12-14-4-7-16(8-5-14)25-10-2-3-19(25)27;/h4-9,11,26H,2-3,10,12-13H2,1H3,(H2,22,23,24);1H. The van der Waals surface area contributed by atoms with Gasteiger partial charge in [-0.2, -0.15) is 0 Å². The molecule has 1 aliphatic rings. The van der Waals surface area contributed by atoms with Crippen LogP contribution in [0.1, 0.15) is 24.0 Å². The lowest BCUT2D eigenvalue weighted by Crippen LogP contribution is -2.36. The van der Waals surface area contributed by atoms with Gasteiger partial charge in [-0.1, -0.05) is 18.2 Å². The molecule has 0 atom stereocenters. The fraction of sp³-hybridized carbons (Fsp3) is 0.300. The number of halogens is 2. The molecule has 0 unspecified atom stereocenters. The second-order valence-corrected chi connectivity index (χ2v) is 6.38. The number of phenolic OH excluding ortho intramolecular Hbond substituents is 1. The number of amides is 1. The Balaban J connectivity index is 0.00000280. The van der Waals surface area contributed by atoms with Crippen molar-refractivity contribution in [1.82, 2.24) is 10.6 Å². The molecule has 28 heavy (non-hydrogen) atoms. The largest absolute Gasteiger partial charge is 0.505 e. The number of aliphatic imine (C=N–C) groups is 1. The number of nitrogens with zero attached hydrogens (tertiary/aromatic N) is 2. The average molecular weight is 498 g/mol. The van der Waals surface area contributed by atoms with Crippen LogP contribution in [-0.2, 0) is 17.9 Å². The van der Waals surface area contributed by atoms with Crippen molar-refractivity contribution < 1.29 is 14.3 Å². The summed E-state index contributed by atoms with van der Waals surface area (Å²) >= 11 is 0. The number of phenols is 1. The Morgan fingerprint density at radius 1 is 1.14 bits per heavy atom.